The van der Waals surface area contributed by atoms with Crippen LogP contribution in [0.15, 0.2) is 212 Å². The van der Waals surface area contributed by atoms with Gasteiger partial charge in [-0.15, -0.1) is 0 Å². The topological polar surface area (TPSA) is 38.7 Å². The van der Waals surface area contributed by atoms with Gasteiger partial charge in [-0.05, 0) is 80.6 Å². The van der Waals surface area contributed by atoms with E-state index in [0.29, 0.717) is 5.82 Å². The second-order valence-electron chi connectivity index (χ2n) is 14.0. The zero-order valence-corrected chi connectivity index (χ0v) is 30.5. The van der Waals surface area contributed by atoms with E-state index in [2.05, 4.69) is 200 Å². The van der Waals surface area contributed by atoms with Crippen molar-refractivity contribution < 1.29 is 0 Å². The summed E-state index contributed by atoms with van der Waals surface area (Å²) in [6.07, 6.45) is 0. The molecule has 0 radical (unpaired) electrons. The summed E-state index contributed by atoms with van der Waals surface area (Å²) in [6.45, 7) is 0. The monoisotopic (exact) mass is 713 g/mol. The SMILES string of the molecule is c1ccc(-c2cccc(-c3cc(-c4cccc(-c5cc(-c6ccccc6)c6c(ccc7ccccc76)n5)c4)nc(-c4cccc(-c5ccccc5)c4)n3)c2)cc1. The van der Waals surface area contributed by atoms with Gasteiger partial charge in [0.05, 0.1) is 22.6 Å². The van der Waals surface area contributed by atoms with Crippen LogP contribution in [0.2, 0.25) is 0 Å². The van der Waals surface area contributed by atoms with E-state index in [-0.39, 0.29) is 0 Å². The molecule has 262 valence electrons. The van der Waals surface area contributed by atoms with Crippen LogP contribution < -0.4 is 0 Å². The third kappa shape index (κ3) is 6.42. The third-order valence-corrected chi connectivity index (χ3v) is 10.5. The van der Waals surface area contributed by atoms with Crippen LogP contribution in [0.5, 0.6) is 0 Å². The van der Waals surface area contributed by atoms with Gasteiger partial charge in [0.1, 0.15) is 0 Å². The molecule has 0 aliphatic heterocycles. The van der Waals surface area contributed by atoms with Gasteiger partial charge >= 0.3 is 0 Å². The van der Waals surface area contributed by atoms with E-state index in [4.69, 9.17) is 15.0 Å². The predicted octanol–water partition coefficient (Wildman–Crippen LogP) is 13.8. The van der Waals surface area contributed by atoms with Crippen molar-refractivity contribution in [1.29, 1.82) is 0 Å². The molecule has 2 aromatic heterocycles. The van der Waals surface area contributed by atoms with Crippen molar-refractivity contribution in [2.75, 3.05) is 0 Å². The first kappa shape index (κ1) is 33.1. The Balaban J connectivity index is 1.13. The molecular formula is C53H35N3. The van der Waals surface area contributed by atoms with Crippen LogP contribution in [0.25, 0.3) is 100 Å². The van der Waals surface area contributed by atoms with Gasteiger partial charge in [-0.3, -0.25) is 0 Å². The molecule has 10 rings (SSSR count). The molecule has 0 aliphatic rings. The lowest BCUT2D eigenvalue weighted by atomic mass is 9.94. The van der Waals surface area contributed by atoms with Crippen LogP contribution in [0.1, 0.15) is 0 Å². The van der Waals surface area contributed by atoms with E-state index in [0.717, 1.165) is 83.6 Å². The van der Waals surface area contributed by atoms with Crippen LogP contribution in [0.3, 0.4) is 0 Å². The molecule has 3 nitrogen and oxygen atoms in total. The fraction of sp³-hybridized carbons (Fsp3) is 0. The Morgan fingerprint density at radius 2 is 0.714 bits per heavy atom. The van der Waals surface area contributed by atoms with Gasteiger partial charge in [-0.1, -0.05) is 176 Å². The van der Waals surface area contributed by atoms with Gasteiger partial charge in [0.25, 0.3) is 0 Å². The summed E-state index contributed by atoms with van der Waals surface area (Å²) in [4.78, 5) is 15.8. The van der Waals surface area contributed by atoms with E-state index in [1.807, 2.05) is 12.1 Å². The number of benzene rings is 8. The molecular weight excluding hydrogens is 679 g/mol. The van der Waals surface area contributed by atoms with Crippen molar-refractivity contribution in [3.8, 4) is 78.5 Å². The summed E-state index contributed by atoms with van der Waals surface area (Å²) in [5.41, 5.74) is 14.5. The Hall–Kier alpha value is -7.49. The minimum atomic E-state index is 0.674. The van der Waals surface area contributed by atoms with Gasteiger partial charge in [-0.25, -0.2) is 15.0 Å². The summed E-state index contributed by atoms with van der Waals surface area (Å²) in [5, 5.41) is 3.56. The minimum Gasteiger partial charge on any atom is -0.248 e. The van der Waals surface area contributed by atoms with E-state index >= 15 is 0 Å². The maximum atomic E-state index is 5.29. The first-order chi connectivity index (χ1) is 27.7. The summed E-state index contributed by atoms with van der Waals surface area (Å²) < 4.78 is 0. The molecule has 0 atom stereocenters. The first-order valence-corrected chi connectivity index (χ1v) is 18.9. The third-order valence-electron chi connectivity index (χ3n) is 10.5. The smallest absolute Gasteiger partial charge is 0.160 e. The van der Waals surface area contributed by atoms with Crippen molar-refractivity contribution in [3.63, 3.8) is 0 Å². The lowest BCUT2D eigenvalue weighted by molar-refractivity contribution is 1.18. The summed E-state index contributed by atoms with van der Waals surface area (Å²) in [5.74, 6) is 0.674. The Kier molecular flexibility index (Phi) is 8.51. The number of pyridine rings is 1. The molecule has 0 bridgehead atoms. The number of rotatable bonds is 7. The van der Waals surface area contributed by atoms with Gasteiger partial charge in [-0.2, -0.15) is 0 Å². The molecule has 8 aromatic carbocycles. The highest BCUT2D eigenvalue weighted by molar-refractivity contribution is 6.13. The largest absolute Gasteiger partial charge is 0.248 e. The zero-order valence-electron chi connectivity index (χ0n) is 30.5. The Bertz CT molecular complexity index is 2910. The summed E-state index contributed by atoms with van der Waals surface area (Å²) >= 11 is 0. The number of hydrogen-bond donors (Lipinski definition) is 0. The maximum Gasteiger partial charge on any atom is 0.160 e. The number of nitrogens with zero attached hydrogens (tertiary/aromatic N) is 3. The van der Waals surface area contributed by atoms with Crippen LogP contribution in [-0.2, 0) is 0 Å². The van der Waals surface area contributed by atoms with Crippen molar-refractivity contribution in [3.05, 3.63) is 212 Å². The highest BCUT2D eigenvalue weighted by Crippen LogP contribution is 2.38. The molecule has 0 aliphatic carbocycles. The maximum absolute atomic E-state index is 5.29. The Morgan fingerprint density at radius 3 is 1.32 bits per heavy atom. The van der Waals surface area contributed by atoms with Crippen molar-refractivity contribution in [1.82, 2.24) is 15.0 Å². The van der Waals surface area contributed by atoms with Crippen LogP contribution in [-0.4, -0.2) is 15.0 Å². The second kappa shape index (κ2) is 14.4. The molecule has 0 N–H and O–H groups in total. The number of fused-ring (bicyclic) bond motifs is 3. The molecule has 10 aromatic rings. The van der Waals surface area contributed by atoms with Gasteiger partial charge < -0.3 is 0 Å². The van der Waals surface area contributed by atoms with Crippen molar-refractivity contribution in [2.45, 2.75) is 0 Å². The highest BCUT2D eigenvalue weighted by atomic mass is 14.9. The highest BCUT2D eigenvalue weighted by Gasteiger charge is 2.16. The van der Waals surface area contributed by atoms with Crippen LogP contribution >= 0.6 is 0 Å². The fourth-order valence-corrected chi connectivity index (χ4v) is 7.67. The molecule has 2 heterocycles. The van der Waals surface area contributed by atoms with Crippen LogP contribution in [0, 0.1) is 0 Å². The average molecular weight is 714 g/mol. The predicted molar refractivity (Wildman–Crippen MR) is 233 cm³/mol. The fourth-order valence-electron chi connectivity index (χ4n) is 7.67. The molecule has 0 saturated carbocycles. The van der Waals surface area contributed by atoms with Crippen molar-refractivity contribution in [2.24, 2.45) is 0 Å². The first-order valence-electron chi connectivity index (χ1n) is 18.9. The standard InChI is InChI=1S/C53H35N3/c1-4-15-36(16-5-1)40-22-12-24-42(31-40)50-35-51(56-53(55-50)45-27-13-23-41(32-45)37-17-6-2-7-18-37)44-26-14-25-43(33-44)49-34-47(38-19-8-3-9-20-38)52-46-28-11-10-21-39(46)29-30-48(52)54-49/h1-35H. The lowest BCUT2D eigenvalue weighted by Crippen LogP contribution is -1.97. The average Bonchev–Trinajstić information content (AvgIpc) is 3.29. The molecule has 0 saturated heterocycles. The number of aromatic nitrogens is 3. The summed E-state index contributed by atoms with van der Waals surface area (Å²) in [7, 11) is 0. The molecule has 56 heavy (non-hydrogen) atoms. The second-order valence-corrected chi connectivity index (χ2v) is 14.0. The van der Waals surface area contributed by atoms with E-state index in [1.54, 1.807) is 0 Å². The minimum absolute atomic E-state index is 0.674. The van der Waals surface area contributed by atoms with Crippen molar-refractivity contribution >= 4 is 21.7 Å². The Morgan fingerprint density at radius 1 is 0.268 bits per heavy atom. The Labute approximate surface area is 326 Å². The number of hydrogen-bond acceptors (Lipinski definition) is 3. The van der Waals surface area contributed by atoms with Gasteiger partial charge in [0.2, 0.25) is 0 Å². The molecule has 3 heteroatoms. The molecule has 0 unspecified atom stereocenters. The quantitative estimate of drug-likeness (QED) is 0.154. The van der Waals surface area contributed by atoms with Gasteiger partial charge in [0, 0.05) is 27.6 Å². The lowest BCUT2D eigenvalue weighted by Gasteiger charge is -2.14. The molecule has 0 fully saturated rings. The molecule has 0 amide bonds. The zero-order chi connectivity index (χ0) is 37.3. The van der Waals surface area contributed by atoms with E-state index in [9.17, 15) is 0 Å². The summed E-state index contributed by atoms with van der Waals surface area (Å²) in [6, 6.07) is 74.5. The van der Waals surface area contributed by atoms with E-state index in [1.165, 1.54) is 10.8 Å². The van der Waals surface area contributed by atoms with Gasteiger partial charge in [0.15, 0.2) is 5.82 Å². The van der Waals surface area contributed by atoms with E-state index < -0.39 is 0 Å². The normalized spacial score (nSPS) is 11.2. The molecule has 0 spiro atoms. The van der Waals surface area contributed by atoms with Crippen LogP contribution in [0.4, 0.5) is 0 Å².